The third kappa shape index (κ3) is 3.85. The van der Waals surface area contributed by atoms with E-state index in [0.717, 1.165) is 32.1 Å². The number of nitrogens with zero attached hydrogens (tertiary/aromatic N) is 1. The molecule has 0 aromatic rings. The lowest BCUT2D eigenvalue weighted by molar-refractivity contribution is 0.0298. The predicted octanol–water partition coefficient (Wildman–Crippen LogP) is 1.13. The maximum absolute atomic E-state index is 12.5. The largest absolute Gasteiger partial charge is 0.377 e. The van der Waals surface area contributed by atoms with Gasteiger partial charge in [-0.05, 0) is 38.5 Å². The number of hydrogen-bond donors (Lipinski definition) is 1. The van der Waals surface area contributed by atoms with Crippen molar-refractivity contribution >= 4 is 22.4 Å². The monoisotopic (exact) mass is 324 g/mol. The van der Waals surface area contributed by atoms with Gasteiger partial charge < -0.3 is 10.1 Å². The normalized spacial score (nSPS) is 35.3. The second-order valence-electron chi connectivity index (χ2n) is 6.05. The summed E-state index contributed by atoms with van der Waals surface area (Å²) in [6.45, 7) is 2.03. The molecule has 0 aromatic carbocycles. The van der Waals surface area contributed by atoms with Crippen LogP contribution in [-0.2, 0) is 14.8 Å². The quantitative estimate of drug-likeness (QED) is 0.845. The zero-order chi connectivity index (χ0) is 13.3. The van der Waals surface area contributed by atoms with E-state index in [1.54, 1.807) is 4.31 Å². The van der Waals surface area contributed by atoms with E-state index >= 15 is 0 Å². The highest BCUT2D eigenvalue weighted by molar-refractivity contribution is 7.89. The number of fused-ring (bicyclic) bond motifs is 2. The number of sulfonamides is 1. The van der Waals surface area contributed by atoms with Gasteiger partial charge in [0.05, 0.1) is 11.9 Å². The van der Waals surface area contributed by atoms with E-state index in [1.165, 1.54) is 6.42 Å². The van der Waals surface area contributed by atoms with Gasteiger partial charge in [-0.25, -0.2) is 12.7 Å². The van der Waals surface area contributed by atoms with Crippen LogP contribution >= 0.6 is 12.4 Å². The Kier molecular flexibility index (Phi) is 5.71. The Morgan fingerprint density at radius 3 is 2.65 bits per heavy atom. The van der Waals surface area contributed by atoms with E-state index in [1.807, 2.05) is 0 Å². The number of halogens is 1. The summed E-state index contributed by atoms with van der Waals surface area (Å²) in [5, 5.41) is 3.52. The Morgan fingerprint density at radius 2 is 1.90 bits per heavy atom. The van der Waals surface area contributed by atoms with Crippen LogP contribution in [0.3, 0.4) is 0 Å². The average Bonchev–Trinajstić information content (AvgIpc) is 2.69. The lowest BCUT2D eigenvalue weighted by Crippen LogP contribution is -2.43. The van der Waals surface area contributed by atoms with Gasteiger partial charge in [-0.1, -0.05) is 0 Å². The Bertz CT molecular complexity index is 412. The van der Waals surface area contributed by atoms with Gasteiger partial charge in [0.15, 0.2) is 0 Å². The van der Waals surface area contributed by atoms with Gasteiger partial charge in [-0.15, -0.1) is 12.4 Å². The van der Waals surface area contributed by atoms with Crippen LogP contribution < -0.4 is 5.32 Å². The second kappa shape index (κ2) is 6.92. The van der Waals surface area contributed by atoms with Crippen molar-refractivity contribution in [2.45, 2.75) is 56.7 Å². The minimum absolute atomic E-state index is 0. The number of nitrogens with one attached hydrogen (secondary N) is 1. The Balaban J connectivity index is 0.00000147. The van der Waals surface area contributed by atoms with Crippen molar-refractivity contribution in [1.82, 2.24) is 9.62 Å². The molecule has 3 aliphatic heterocycles. The van der Waals surface area contributed by atoms with E-state index in [0.29, 0.717) is 31.8 Å². The van der Waals surface area contributed by atoms with Crippen molar-refractivity contribution in [3.05, 3.63) is 0 Å². The molecule has 3 unspecified atom stereocenters. The number of ether oxygens (including phenoxy) is 1. The molecule has 3 atom stereocenters. The van der Waals surface area contributed by atoms with E-state index < -0.39 is 10.0 Å². The first kappa shape index (κ1) is 16.5. The van der Waals surface area contributed by atoms with Crippen molar-refractivity contribution in [2.24, 2.45) is 0 Å². The molecule has 0 aromatic heterocycles. The molecule has 2 bridgehead atoms. The summed E-state index contributed by atoms with van der Waals surface area (Å²) in [5.74, 6) is 0.171. The molecule has 0 aliphatic carbocycles. The number of hydrogen-bond acceptors (Lipinski definition) is 4. The third-order valence-corrected chi connectivity index (χ3v) is 6.46. The molecule has 118 valence electrons. The topological polar surface area (TPSA) is 58.6 Å². The fourth-order valence-corrected chi connectivity index (χ4v) is 5.18. The fraction of sp³-hybridized carbons (Fsp3) is 1.00. The molecule has 3 heterocycles. The molecule has 0 saturated carbocycles. The van der Waals surface area contributed by atoms with Gasteiger partial charge in [-0.3, -0.25) is 0 Å². The highest BCUT2D eigenvalue weighted by Crippen LogP contribution is 2.23. The van der Waals surface area contributed by atoms with Crippen molar-refractivity contribution in [3.63, 3.8) is 0 Å². The molecule has 3 fully saturated rings. The Hall–Kier alpha value is 0.120. The first-order chi connectivity index (χ1) is 9.13. The van der Waals surface area contributed by atoms with Crippen LogP contribution in [0.5, 0.6) is 0 Å². The highest BCUT2D eigenvalue weighted by Gasteiger charge is 2.35. The molecular formula is C13H25ClN2O3S. The molecule has 0 radical (unpaired) electrons. The molecular weight excluding hydrogens is 300 g/mol. The van der Waals surface area contributed by atoms with Crippen LogP contribution in [-0.4, -0.2) is 56.4 Å². The Labute approximate surface area is 127 Å². The third-order valence-electron chi connectivity index (χ3n) is 4.55. The van der Waals surface area contributed by atoms with Crippen LogP contribution in [0.2, 0.25) is 0 Å². The van der Waals surface area contributed by atoms with Crippen LogP contribution in [0.1, 0.15) is 38.5 Å². The molecule has 1 N–H and O–H groups in total. The summed E-state index contributed by atoms with van der Waals surface area (Å²) in [4.78, 5) is 0. The van der Waals surface area contributed by atoms with Gasteiger partial charge in [0, 0.05) is 31.8 Å². The second-order valence-corrected chi connectivity index (χ2v) is 8.07. The lowest BCUT2D eigenvalue weighted by Gasteiger charge is -2.28. The zero-order valence-corrected chi connectivity index (χ0v) is 13.4. The van der Waals surface area contributed by atoms with Crippen LogP contribution in [0.15, 0.2) is 0 Å². The minimum Gasteiger partial charge on any atom is -0.377 e. The first-order valence-corrected chi connectivity index (χ1v) is 9.10. The average molecular weight is 325 g/mol. The van der Waals surface area contributed by atoms with Crippen molar-refractivity contribution in [1.29, 1.82) is 0 Å². The molecule has 3 rings (SSSR count). The lowest BCUT2D eigenvalue weighted by atomic mass is 10.1. The van der Waals surface area contributed by atoms with Crippen LogP contribution in [0.4, 0.5) is 0 Å². The van der Waals surface area contributed by atoms with Crippen LogP contribution in [0, 0.1) is 0 Å². The van der Waals surface area contributed by atoms with Gasteiger partial charge in [0.2, 0.25) is 10.0 Å². The molecule has 3 saturated heterocycles. The van der Waals surface area contributed by atoms with Gasteiger partial charge in [0.1, 0.15) is 0 Å². The maximum atomic E-state index is 12.5. The molecule has 0 amide bonds. The van der Waals surface area contributed by atoms with Gasteiger partial charge in [-0.2, -0.15) is 0 Å². The van der Waals surface area contributed by atoms with Crippen molar-refractivity contribution in [3.8, 4) is 0 Å². The summed E-state index contributed by atoms with van der Waals surface area (Å²) in [7, 11) is -3.16. The summed E-state index contributed by atoms with van der Waals surface area (Å²) in [5.41, 5.74) is 0. The smallest absolute Gasteiger partial charge is 0.216 e. The molecule has 20 heavy (non-hydrogen) atoms. The van der Waals surface area contributed by atoms with Crippen molar-refractivity contribution in [2.75, 3.05) is 25.4 Å². The molecule has 3 aliphatic rings. The Morgan fingerprint density at radius 1 is 1.10 bits per heavy atom. The molecule has 5 nitrogen and oxygen atoms in total. The van der Waals surface area contributed by atoms with E-state index in [2.05, 4.69) is 5.32 Å². The summed E-state index contributed by atoms with van der Waals surface area (Å²) >= 11 is 0. The molecule has 0 spiro atoms. The summed E-state index contributed by atoms with van der Waals surface area (Å²) in [6, 6.07) is 0.880. The predicted molar refractivity (Wildman–Crippen MR) is 80.8 cm³/mol. The fourth-order valence-electron chi connectivity index (χ4n) is 3.44. The van der Waals surface area contributed by atoms with E-state index in [9.17, 15) is 8.42 Å². The summed E-state index contributed by atoms with van der Waals surface area (Å²) < 4.78 is 32.3. The van der Waals surface area contributed by atoms with E-state index in [-0.39, 0.29) is 24.3 Å². The van der Waals surface area contributed by atoms with Gasteiger partial charge in [0.25, 0.3) is 0 Å². The van der Waals surface area contributed by atoms with E-state index in [4.69, 9.17) is 4.74 Å². The standard InChI is InChI=1S/C13H24N2O3S.ClH/c16-19(17,10-13-3-1-2-8-18-13)15-7-6-11-4-5-12(9-15)14-11;/h11-14H,1-10H2;1H. The zero-order valence-electron chi connectivity index (χ0n) is 11.8. The number of rotatable bonds is 3. The van der Waals surface area contributed by atoms with Crippen molar-refractivity contribution < 1.29 is 13.2 Å². The highest BCUT2D eigenvalue weighted by atomic mass is 35.5. The molecule has 7 heteroatoms. The maximum Gasteiger partial charge on any atom is 0.216 e. The van der Waals surface area contributed by atoms with Crippen LogP contribution in [0.25, 0.3) is 0 Å². The SMILES string of the molecule is Cl.O=S(=O)(CC1CCCCO1)N1CCC2CCC(C1)N2. The minimum atomic E-state index is -3.16. The summed E-state index contributed by atoms with van der Waals surface area (Å²) in [6.07, 6.45) is 6.20. The van der Waals surface area contributed by atoms with Gasteiger partial charge >= 0.3 is 0 Å². The first-order valence-electron chi connectivity index (χ1n) is 7.49.